The fourth-order valence-electron chi connectivity index (χ4n) is 3.26. The Morgan fingerprint density at radius 1 is 1.19 bits per heavy atom. The Bertz CT molecular complexity index is 766. The average Bonchev–Trinajstić information content (AvgIpc) is 3.13. The number of thiophene rings is 1. The highest BCUT2D eigenvalue weighted by Gasteiger charge is 2.21. The number of hydrogen-bond donors (Lipinski definition) is 2. The van der Waals surface area contributed by atoms with Crippen LogP contribution in [0.1, 0.15) is 30.6 Å². The Labute approximate surface area is 162 Å². The van der Waals surface area contributed by atoms with Gasteiger partial charge in [-0.25, -0.2) is 4.39 Å². The highest BCUT2D eigenvalue weighted by Crippen LogP contribution is 2.17. The molecule has 27 heavy (non-hydrogen) atoms. The van der Waals surface area contributed by atoms with Crippen molar-refractivity contribution in [3.8, 4) is 0 Å². The summed E-state index contributed by atoms with van der Waals surface area (Å²) in [6.45, 7) is 2.79. The van der Waals surface area contributed by atoms with E-state index in [0.29, 0.717) is 5.69 Å². The maximum atomic E-state index is 13.1. The minimum atomic E-state index is -0.407. The fraction of sp³-hybridized carbons (Fsp3) is 0.400. The molecule has 1 unspecified atom stereocenters. The molecule has 1 aliphatic heterocycles. The van der Waals surface area contributed by atoms with Crippen molar-refractivity contribution >= 4 is 28.8 Å². The molecule has 1 aliphatic rings. The molecule has 2 N–H and O–H groups in total. The van der Waals surface area contributed by atoms with Crippen LogP contribution in [0.3, 0.4) is 0 Å². The Morgan fingerprint density at radius 3 is 2.81 bits per heavy atom. The van der Waals surface area contributed by atoms with Crippen molar-refractivity contribution in [2.75, 3.05) is 18.4 Å². The lowest BCUT2D eigenvalue weighted by molar-refractivity contribution is -0.125. The number of halogens is 1. The van der Waals surface area contributed by atoms with Crippen LogP contribution in [-0.4, -0.2) is 35.8 Å². The van der Waals surface area contributed by atoms with Crippen molar-refractivity contribution in [2.45, 2.75) is 38.3 Å². The van der Waals surface area contributed by atoms with Crippen LogP contribution >= 0.6 is 11.3 Å². The number of likely N-dealkylation sites (tertiary alicyclic amines) is 1. The number of piperidine rings is 1. The summed E-state index contributed by atoms with van der Waals surface area (Å²) < 4.78 is 13.1. The zero-order chi connectivity index (χ0) is 19.1. The van der Waals surface area contributed by atoms with Crippen LogP contribution in [0.4, 0.5) is 10.1 Å². The lowest BCUT2D eigenvalue weighted by atomic mass is 10.1. The molecule has 0 spiro atoms. The van der Waals surface area contributed by atoms with Crippen molar-refractivity contribution in [3.05, 3.63) is 52.5 Å². The smallest absolute Gasteiger partial charge is 0.224 e. The summed E-state index contributed by atoms with van der Waals surface area (Å²) in [4.78, 5) is 27.8. The normalized spacial score (nSPS) is 17.4. The quantitative estimate of drug-likeness (QED) is 0.763. The van der Waals surface area contributed by atoms with E-state index < -0.39 is 5.82 Å². The molecule has 2 amide bonds. The molecule has 2 heterocycles. The van der Waals surface area contributed by atoms with Gasteiger partial charge in [0.15, 0.2) is 0 Å². The van der Waals surface area contributed by atoms with E-state index in [1.165, 1.54) is 23.1 Å². The second-order valence-corrected chi connectivity index (χ2v) is 7.81. The van der Waals surface area contributed by atoms with Gasteiger partial charge in [-0.1, -0.05) is 12.1 Å². The molecule has 144 valence electrons. The minimum absolute atomic E-state index is 0.0774. The van der Waals surface area contributed by atoms with Crippen LogP contribution in [0.5, 0.6) is 0 Å². The van der Waals surface area contributed by atoms with Gasteiger partial charge < -0.3 is 10.6 Å². The first kappa shape index (κ1) is 19.5. The van der Waals surface area contributed by atoms with E-state index in [0.717, 1.165) is 32.5 Å². The number of carbonyl (C=O) groups is 2. The lowest BCUT2D eigenvalue weighted by Crippen LogP contribution is -2.47. The first-order valence-corrected chi connectivity index (χ1v) is 10.1. The van der Waals surface area contributed by atoms with Gasteiger partial charge >= 0.3 is 0 Å². The van der Waals surface area contributed by atoms with Gasteiger partial charge in [-0.15, -0.1) is 11.3 Å². The maximum absolute atomic E-state index is 13.1. The van der Waals surface area contributed by atoms with Crippen LogP contribution < -0.4 is 10.6 Å². The monoisotopic (exact) mass is 389 g/mol. The van der Waals surface area contributed by atoms with Crippen LogP contribution in [-0.2, 0) is 16.1 Å². The van der Waals surface area contributed by atoms with Gasteiger partial charge in [-0.05, 0) is 49.0 Å². The number of rotatable bonds is 7. The fourth-order valence-corrected chi connectivity index (χ4v) is 4.00. The summed E-state index contributed by atoms with van der Waals surface area (Å²) in [7, 11) is 0. The maximum Gasteiger partial charge on any atom is 0.224 e. The summed E-state index contributed by atoms with van der Waals surface area (Å²) >= 11 is 1.75. The molecular formula is C20H24FN3O2S. The van der Waals surface area contributed by atoms with E-state index in [1.54, 1.807) is 17.4 Å². The van der Waals surface area contributed by atoms with Crippen molar-refractivity contribution in [2.24, 2.45) is 0 Å². The van der Waals surface area contributed by atoms with Crippen molar-refractivity contribution in [1.82, 2.24) is 10.2 Å². The largest absolute Gasteiger partial charge is 0.352 e. The van der Waals surface area contributed by atoms with Gasteiger partial charge in [0, 0.05) is 42.5 Å². The molecule has 7 heteroatoms. The number of anilines is 1. The minimum Gasteiger partial charge on any atom is -0.352 e. The van der Waals surface area contributed by atoms with Gasteiger partial charge in [0.05, 0.1) is 0 Å². The Kier molecular flexibility index (Phi) is 6.95. The third-order valence-electron chi connectivity index (χ3n) is 4.52. The van der Waals surface area contributed by atoms with Crippen molar-refractivity contribution < 1.29 is 14.0 Å². The van der Waals surface area contributed by atoms with Crippen LogP contribution in [0.25, 0.3) is 0 Å². The second-order valence-electron chi connectivity index (χ2n) is 6.78. The molecule has 3 rings (SSSR count). The number of hydrogen-bond acceptors (Lipinski definition) is 4. The van der Waals surface area contributed by atoms with Crippen LogP contribution in [0.15, 0.2) is 41.8 Å². The van der Waals surface area contributed by atoms with Gasteiger partial charge in [-0.2, -0.15) is 0 Å². The summed E-state index contributed by atoms with van der Waals surface area (Å²) in [5, 5.41) is 7.72. The molecule has 2 aromatic rings. The number of nitrogens with zero attached hydrogens (tertiary/aromatic N) is 1. The molecule has 0 bridgehead atoms. The van der Waals surface area contributed by atoms with Gasteiger partial charge in [0.2, 0.25) is 11.8 Å². The summed E-state index contributed by atoms with van der Waals surface area (Å²) in [6, 6.07) is 10.0. The van der Waals surface area contributed by atoms with Gasteiger partial charge in [-0.3, -0.25) is 14.5 Å². The number of benzene rings is 1. The second kappa shape index (κ2) is 9.62. The summed E-state index contributed by atoms with van der Waals surface area (Å²) in [5.41, 5.74) is 0.400. The molecule has 1 fully saturated rings. The van der Waals surface area contributed by atoms with E-state index in [2.05, 4.69) is 33.0 Å². The van der Waals surface area contributed by atoms with E-state index in [-0.39, 0.29) is 30.7 Å². The van der Waals surface area contributed by atoms with E-state index in [1.807, 2.05) is 0 Å². The van der Waals surface area contributed by atoms with Crippen molar-refractivity contribution in [3.63, 3.8) is 0 Å². The Hall–Kier alpha value is -2.25. The van der Waals surface area contributed by atoms with Crippen LogP contribution in [0.2, 0.25) is 0 Å². The molecule has 0 aliphatic carbocycles. The summed E-state index contributed by atoms with van der Waals surface area (Å²) in [6.07, 6.45) is 2.22. The molecule has 0 radical (unpaired) electrons. The number of amides is 2. The molecule has 0 saturated carbocycles. The Balaban J connectivity index is 1.38. The number of nitrogens with one attached hydrogen (secondary N) is 2. The van der Waals surface area contributed by atoms with E-state index >= 15 is 0 Å². The predicted molar refractivity (Wildman–Crippen MR) is 105 cm³/mol. The first-order valence-electron chi connectivity index (χ1n) is 9.18. The third-order valence-corrected chi connectivity index (χ3v) is 5.38. The molecule has 5 nitrogen and oxygen atoms in total. The zero-order valence-electron chi connectivity index (χ0n) is 15.1. The topological polar surface area (TPSA) is 61.4 Å². The summed E-state index contributed by atoms with van der Waals surface area (Å²) in [5.74, 6) is -0.818. The standard InChI is InChI=1S/C20H24FN3O2S/c21-15-4-1-5-16(12-15)22-19(25)8-9-20(26)23-17-6-2-10-24(13-17)14-18-7-3-11-27-18/h1,3-5,7,11-12,17H,2,6,8-10,13-14H2,(H,22,25)(H,23,26). The highest BCUT2D eigenvalue weighted by molar-refractivity contribution is 7.09. The van der Waals surface area contributed by atoms with Crippen molar-refractivity contribution in [1.29, 1.82) is 0 Å². The van der Waals surface area contributed by atoms with Gasteiger partial charge in [0.25, 0.3) is 0 Å². The molecule has 1 aromatic heterocycles. The SMILES string of the molecule is O=C(CCC(=O)NC1CCCN(Cc2cccs2)C1)Nc1cccc(F)c1. The van der Waals surface area contributed by atoms with E-state index in [9.17, 15) is 14.0 Å². The lowest BCUT2D eigenvalue weighted by Gasteiger charge is -2.32. The molecule has 1 atom stereocenters. The molecule has 1 aromatic carbocycles. The average molecular weight is 389 g/mol. The zero-order valence-corrected chi connectivity index (χ0v) is 15.9. The van der Waals surface area contributed by atoms with Crippen LogP contribution in [0, 0.1) is 5.82 Å². The number of carbonyl (C=O) groups excluding carboxylic acids is 2. The van der Waals surface area contributed by atoms with E-state index in [4.69, 9.17) is 0 Å². The van der Waals surface area contributed by atoms with Gasteiger partial charge in [0.1, 0.15) is 5.82 Å². The third kappa shape index (κ3) is 6.45. The molecular weight excluding hydrogens is 365 g/mol. The predicted octanol–water partition coefficient (Wildman–Crippen LogP) is 3.39. The first-order chi connectivity index (χ1) is 13.1. The Morgan fingerprint density at radius 2 is 2.04 bits per heavy atom. The highest BCUT2D eigenvalue weighted by atomic mass is 32.1. The molecule has 1 saturated heterocycles.